The van der Waals surface area contributed by atoms with E-state index in [-0.39, 0.29) is 17.3 Å². The molecule has 1 rings (SSSR count). The van der Waals surface area contributed by atoms with Gasteiger partial charge in [0, 0.05) is 11.6 Å². The van der Waals surface area contributed by atoms with Crippen LogP contribution in [0.3, 0.4) is 0 Å². The summed E-state index contributed by atoms with van der Waals surface area (Å²) in [6, 6.07) is 0. The number of ether oxygens (including phenoxy) is 1. The van der Waals surface area contributed by atoms with E-state index in [2.05, 4.69) is 6.58 Å². The molecular formula is C10H10O3. The Hall–Kier alpha value is -1.64. The van der Waals surface area contributed by atoms with E-state index < -0.39 is 0 Å². The predicted octanol–water partition coefficient (Wildman–Crippen LogP) is 1.17. The topological polar surface area (TPSA) is 43.4 Å². The zero-order valence-corrected chi connectivity index (χ0v) is 7.37. The second-order valence-electron chi connectivity index (χ2n) is 2.60. The molecule has 1 aliphatic carbocycles. The summed E-state index contributed by atoms with van der Waals surface area (Å²) < 4.78 is 4.72. The van der Waals surface area contributed by atoms with Gasteiger partial charge in [-0.15, -0.1) is 6.58 Å². The molecule has 0 aliphatic heterocycles. The predicted molar refractivity (Wildman–Crippen MR) is 48.0 cm³/mol. The van der Waals surface area contributed by atoms with Crippen LogP contribution >= 0.6 is 0 Å². The SMILES string of the molecule is C=CCC1=CC(=O)C(OC)=CC1=O. The highest BCUT2D eigenvalue weighted by Gasteiger charge is 2.19. The molecule has 0 N–H and O–H groups in total. The van der Waals surface area contributed by atoms with Gasteiger partial charge in [-0.05, 0) is 12.5 Å². The molecular weight excluding hydrogens is 168 g/mol. The highest BCUT2D eigenvalue weighted by molar-refractivity contribution is 6.19. The molecule has 0 spiro atoms. The van der Waals surface area contributed by atoms with Gasteiger partial charge in [-0.25, -0.2) is 0 Å². The Labute approximate surface area is 76.4 Å². The van der Waals surface area contributed by atoms with Gasteiger partial charge in [0.1, 0.15) is 0 Å². The molecule has 3 heteroatoms. The van der Waals surface area contributed by atoms with Crippen LogP contribution < -0.4 is 0 Å². The maximum atomic E-state index is 11.3. The van der Waals surface area contributed by atoms with Crippen LogP contribution in [0.4, 0.5) is 0 Å². The Morgan fingerprint density at radius 1 is 1.38 bits per heavy atom. The molecule has 0 amide bonds. The van der Waals surface area contributed by atoms with Gasteiger partial charge < -0.3 is 4.74 Å². The normalized spacial score (nSPS) is 16.4. The summed E-state index contributed by atoms with van der Waals surface area (Å²) in [6.07, 6.45) is 4.50. The molecule has 0 aromatic heterocycles. The van der Waals surface area contributed by atoms with Gasteiger partial charge in [0.25, 0.3) is 0 Å². The summed E-state index contributed by atoms with van der Waals surface area (Å²) in [5.74, 6) is -0.354. The second kappa shape index (κ2) is 3.85. The standard InChI is InChI=1S/C10H10O3/c1-3-4-7-5-9(12)10(13-2)6-8(7)11/h3,5-6H,1,4H2,2H3. The average Bonchev–Trinajstić information content (AvgIpc) is 2.11. The van der Waals surface area contributed by atoms with Crippen molar-refractivity contribution in [3.8, 4) is 0 Å². The zero-order valence-electron chi connectivity index (χ0n) is 7.37. The minimum absolute atomic E-state index is 0.0952. The van der Waals surface area contributed by atoms with E-state index in [1.165, 1.54) is 19.3 Å². The summed E-state index contributed by atoms with van der Waals surface area (Å²) >= 11 is 0. The molecule has 0 heterocycles. The number of carbonyl (C=O) groups is 2. The van der Waals surface area contributed by atoms with Crippen molar-refractivity contribution in [2.24, 2.45) is 0 Å². The number of hydrogen-bond donors (Lipinski definition) is 0. The lowest BCUT2D eigenvalue weighted by molar-refractivity contribution is -0.117. The van der Waals surface area contributed by atoms with Crippen LogP contribution in [0.25, 0.3) is 0 Å². The highest BCUT2D eigenvalue weighted by Crippen LogP contribution is 2.14. The van der Waals surface area contributed by atoms with E-state index in [0.717, 1.165) is 0 Å². The van der Waals surface area contributed by atoms with Crippen molar-refractivity contribution in [1.29, 1.82) is 0 Å². The fourth-order valence-electron chi connectivity index (χ4n) is 1.06. The van der Waals surface area contributed by atoms with E-state index in [4.69, 9.17) is 4.74 Å². The first-order valence-corrected chi connectivity index (χ1v) is 3.85. The molecule has 1 aliphatic rings. The van der Waals surface area contributed by atoms with Gasteiger partial charge in [-0.3, -0.25) is 9.59 Å². The number of rotatable bonds is 3. The van der Waals surface area contributed by atoms with Gasteiger partial charge in [-0.2, -0.15) is 0 Å². The fourth-order valence-corrected chi connectivity index (χ4v) is 1.06. The third kappa shape index (κ3) is 1.93. The lowest BCUT2D eigenvalue weighted by Gasteiger charge is -2.09. The maximum absolute atomic E-state index is 11.3. The quantitative estimate of drug-likeness (QED) is 0.481. The molecule has 0 fully saturated rings. The Kier molecular flexibility index (Phi) is 2.80. The summed E-state index contributed by atoms with van der Waals surface area (Å²) in [7, 11) is 1.36. The molecule has 0 atom stereocenters. The third-order valence-electron chi connectivity index (χ3n) is 1.71. The number of methoxy groups -OCH3 is 1. The summed E-state index contributed by atoms with van der Waals surface area (Å²) in [5, 5.41) is 0. The lowest BCUT2D eigenvalue weighted by atomic mass is 10.00. The molecule has 3 nitrogen and oxygen atoms in total. The largest absolute Gasteiger partial charge is 0.493 e. The number of allylic oxidation sites excluding steroid dienone is 4. The van der Waals surface area contributed by atoms with Crippen LogP contribution in [0.1, 0.15) is 6.42 Å². The Balaban J connectivity index is 2.91. The highest BCUT2D eigenvalue weighted by atomic mass is 16.5. The number of hydrogen-bond acceptors (Lipinski definition) is 3. The first kappa shape index (κ1) is 9.45. The minimum Gasteiger partial charge on any atom is -0.493 e. The van der Waals surface area contributed by atoms with Crippen molar-refractivity contribution in [1.82, 2.24) is 0 Å². The van der Waals surface area contributed by atoms with Gasteiger partial charge in [0.2, 0.25) is 5.78 Å². The van der Waals surface area contributed by atoms with Crippen molar-refractivity contribution in [3.63, 3.8) is 0 Å². The average molecular weight is 178 g/mol. The van der Waals surface area contributed by atoms with Crippen LogP contribution in [0.2, 0.25) is 0 Å². The Bertz CT molecular complexity index is 321. The molecule has 68 valence electrons. The van der Waals surface area contributed by atoms with Gasteiger partial charge in [0.15, 0.2) is 11.5 Å². The third-order valence-corrected chi connectivity index (χ3v) is 1.71. The summed E-state index contributed by atoms with van der Waals surface area (Å²) in [5.41, 5.74) is 0.459. The molecule has 0 saturated carbocycles. The summed E-state index contributed by atoms with van der Waals surface area (Å²) in [6.45, 7) is 3.50. The molecule has 0 unspecified atom stereocenters. The van der Waals surface area contributed by atoms with E-state index in [0.29, 0.717) is 12.0 Å². The van der Waals surface area contributed by atoms with E-state index in [9.17, 15) is 9.59 Å². The molecule has 0 bridgehead atoms. The second-order valence-corrected chi connectivity index (χ2v) is 2.60. The van der Waals surface area contributed by atoms with E-state index >= 15 is 0 Å². The van der Waals surface area contributed by atoms with Crippen LogP contribution in [0, 0.1) is 0 Å². The Morgan fingerprint density at radius 3 is 2.62 bits per heavy atom. The number of carbonyl (C=O) groups excluding carboxylic acids is 2. The molecule has 13 heavy (non-hydrogen) atoms. The molecule has 0 radical (unpaired) electrons. The first-order valence-electron chi connectivity index (χ1n) is 3.85. The summed E-state index contributed by atoms with van der Waals surface area (Å²) in [4.78, 5) is 22.5. The van der Waals surface area contributed by atoms with Crippen molar-refractivity contribution >= 4 is 11.6 Å². The van der Waals surface area contributed by atoms with Gasteiger partial charge in [0.05, 0.1) is 7.11 Å². The van der Waals surface area contributed by atoms with Crippen LogP contribution in [0.15, 0.2) is 36.1 Å². The van der Waals surface area contributed by atoms with Gasteiger partial charge in [-0.1, -0.05) is 6.08 Å². The van der Waals surface area contributed by atoms with Crippen molar-refractivity contribution < 1.29 is 14.3 Å². The molecule has 0 aromatic rings. The van der Waals surface area contributed by atoms with Crippen LogP contribution in [0.5, 0.6) is 0 Å². The fraction of sp³-hybridized carbons (Fsp3) is 0.200. The number of ketones is 2. The van der Waals surface area contributed by atoms with Crippen LogP contribution in [-0.2, 0) is 14.3 Å². The van der Waals surface area contributed by atoms with E-state index in [1.54, 1.807) is 6.08 Å². The minimum atomic E-state index is -0.265. The van der Waals surface area contributed by atoms with Crippen molar-refractivity contribution in [2.75, 3.05) is 7.11 Å². The Morgan fingerprint density at radius 2 is 2.08 bits per heavy atom. The molecule has 0 aromatic carbocycles. The van der Waals surface area contributed by atoms with Crippen LogP contribution in [-0.4, -0.2) is 18.7 Å². The van der Waals surface area contributed by atoms with Crippen molar-refractivity contribution in [2.45, 2.75) is 6.42 Å². The maximum Gasteiger partial charge on any atom is 0.220 e. The van der Waals surface area contributed by atoms with Gasteiger partial charge >= 0.3 is 0 Å². The molecule has 0 saturated heterocycles. The van der Waals surface area contributed by atoms with E-state index in [1.807, 2.05) is 0 Å². The lowest BCUT2D eigenvalue weighted by Crippen LogP contribution is -2.13. The van der Waals surface area contributed by atoms with Crippen molar-refractivity contribution in [3.05, 3.63) is 36.1 Å². The smallest absolute Gasteiger partial charge is 0.220 e. The zero-order chi connectivity index (χ0) is 9.84. The monoisotopic (exact) mass is 178 g/mol. The first-order chi connectivity index (χ1) is 6.19.